The lowest BCUT2D eigenvalue weighted by Crippen LogP contribution is -2.33. The Bertz CT molecular complexity index is 1460. The van der Waals surface area contributed by atoms with Crippen molar-refractivity contribution in [3.05, 3.63) is 77.1 Å². The standard InChI is InChI=1S/C27H25FNO/c1-15(2)21-14-24(29(5)23-9-7-6-8-19(21)23)26-17(4)16(3)12-22-20-11-10-18(28)13-25(20)30-27(22)26/h6-15H,1-5H3/q+1. The largest absolute Gasteiger partial charge is 0.455 e. The van der Waals surface area contributed by atoms with Crippen LogP contribution in [0.15, 0.2) is 59.0 Å². The molecule has 0 aliphatic carbocycles. The second-order valence-electron chi connectivity index (χ2n) is 8.53. The summed E-state index contributed by atoms with van der Waals surface area (Å²) in [6, 6.07) is 17.8. The number of pyridine rings is 1. The molecule has 0 saturated heterocycles. The van der Waals surface area contributed by atoms with Gasteiger partial charge in [-0.25, -0.2) is 4.39 Å². The maximum Gasteiger partial charge on any atom is 0.217 e. The molecule has 3 aromatic carbocycles. The molecule has 0 radical (unpaired) electrons. The molecule has 5 aromatic rings. The van der Waals surface area contributed by atoms with Gasteiger partial charge in [0.2, 0.25) is 11.2 Å². The zero-order valence-electron chi connectivity index (χ0n) is 18.0. The molecule has 150 valence electrons. The Balaban J connectivity index is 1.96. The lowest BCUT2D eigenvalue weighted by Gasteiger charge is -2.14. The molecule has 0 spiro atoms. The third-order valence-electron chi connectivity index (χ3n) is 6.35. The quantitative estimate of drug-likeness (QED) is 0.290. The van der Waals surface area contributed by atoms with Crippen LogP contribution in [-0.2, 0) is 7.05 Å². The van der Waals surface area contributed by atoms with Gasteiger partial charge < -0.3 is 4.42 Å². The van der Waals surface area contributed by atoms with Crippen molar-refractivity contribution in [2.45, 2.75) is 33.6 Å². The van der Waals surface area contributed by atoms with Crippen LogP contribution >= 0.6 is 0 Å². The van der Waals surface area contributed by atoms with Crippen molar-refractivity contribution >= 4 is 32.8 Å². The van der Waals surface area contributed by atoms with E-state index in [4.69, 9.17) is 4.42 Å². The lowest BCUT2D eigenvalue weighted by atomic mass is 9.92. The number of rotatable bonds is 2. The molecular formula is C27H25FNO+. The molecule has 5 rings (SSSR count). The Hall–Kier alpha value is -3.20. The first-order valence-corrected chi connectivity index (χ1v) is 10.4. The summed E-state index contributed by atoms with van der Waals surface area (Å²) in [7, 11) is 2.11. The number of para-hydroxylation sites is 1. The molecule has 0 saturated carbocycles. The molecule has 0 fully saturated rings. The maximum atomic E-state index is 13.9. The summed E-state index contributed by atoms with van der Waals surface area (Å²) < 4.78 is 22.4. The fraction of sp³-hybridized carbons (Fsp3) is 0.222. The van der Waals surface area contributed by atoms with Gasteiger partial charge in [0.25, 0.3) is 0 Å². The molecule has 2 nitrogen and oxygen atoms in total. The van der Waals surface area contributed by atoms with E-state index in [1.807, 2.05) is 6.07 Å². The summed E-state index contributed by atoms with van der Waals surface area (Å²) in [6.45, 7) is 8.73. The van der Waals surface area contributed by atoms with Crippen LogP contribution in [0.5, 0.6) is 0 Å². The van der Waals surface area contributed by atoms with E-state index < -0.39 is 0 Å². The highest BCUT2D eigenvalue weighted by atomic mass is 19.1. The van der Waals surface area contributed by atoms with Crippen molar-refractivity contribution in [3.8, 4) is 11.3 Å². The summed E-state index contributed by atoms with van der Waals surface area (Å²) in [5.74, 6) is 0.107. The highest BCUT2D eigenvalue weighted by molar-refractivity contribution is 6.10. The zero-order valence-corrected chi connectivity index (χ0v) is 18.0. The molecule has 30 heavy (non-hydrogen) atoms. The van der Waals surface area contributed by atoms with E-state index in [0.29, 0.717) is 11.5 Å². The van der Waals surface area contributed by atoms with Crippen LogP contribution in [0.3, 0.4) is 0 Å². The maximum absolute atomic E-state index is 13.9. The Morgan fingerprint density at radius 1 is 0.900 bits per heavy atom. The molecule has 0 amide bonds. The first-order chi connectivity index (χ1) is 14.4. The van der Waals surface area contributed by atoms with Gasteiger partial charge >= 0.3 is 0 Å². The molecule has 2 heterocycles. The third-order valence-corrected chi connectivity index (χ3v) is 6.35. The van der Waals surface area contributed by atoms with Gasteiger partial charge in [0.05, 0.1) is 5.56 Å². The van der Waals surface area contributed by atoms with E-state index in [9.17, 15) is 4.39 Å². The number of benzene rings is 3. The third kappa shape index (κ3) is 2.65. The minimum Gasteiger partial charge on any atom is -0.455 e. The predicted octanol–water partition coefficient (Wildman–Crippen LogP) is 7.11. The summed E-state index contributed by atoms with van der Waals surface area (Å²) in [4.78, 5) is 0. The van der Waals surface area contributed by atoms with Gasteiger partial charge in [-0.1, -0.05) is 26.0 Å². The normalized spacial score (nSPS) is 12.0. The van der Waals surface area contributed by atoms with Crippen molar-refractivity contribution in [1.29, 1.82) is 0 Å². The summed E-state index contributed by atoms with van der Waals surface area (Å²) >= 11 is 0. The number of furan rings is 1. The van der Waals surface area contributed by atoms with E-state index in [1.165, 1.54) is 39.7 Å². The molecule has 0 N–H and O–H groups in total. The highest BCUT2D eigenvalue weighted by Crippen LogP contribution is 2.40. The van der Waals surface area contributed by atoms with Gasteiger partial charge in [-0.2, -0.15) is 4.57 Å². The number of hydrogen-bond donors (Lipinski definition) is 0. The molecule has 2 aromatic heterocycles. The van der Waals surface area contributed by atoms with Crippen LogP contribution in [0.1, 0.15) is 36.5 Å². The number of fused-ring (bicyclic) bond motifs is 4. The Morgan fingerprint density at radius 3 is 2.43 bits per heavy atom. The summed E-state index contributed by atoms with van der Waals surface area (Å²) in [5, 5.41) is 3.25. The number of nitrogens with zero attached hydrogens (tertiary/aromatic N) is 1. The molecule has 0 aliphatic rings. The Labute approximate surface area is 175 Å². The van der Waals surface area contributed by atoms with E-state index >= 15 is 0 Å². The number of halogens is 1. The van der Waals surface area contributed by atoms with E-state index in [1.54, 1.807) is 0 Å². The summed E-state index contributed by atoms with van der Waals surface area (Å²) in [6.07, 6.45) is 0. The van der Waals surface area contributed by atoms with Gasteiger partial charge in [-0.15, -0.1) is 0 Å². The van der Waals surface area contributed by atoms with Crippen LogP contribution in [0, 0.1) is 19.7 Å². The molecule has 0 atom stereocenters. The van der Waals surface area contributed by atoms with Crippen LogP contribution in [-0.4, -0.2) is 0 Å². The summed E-state index contributed by atoms with van der Waals surface area (Å²) in [5.41, 5.74) is 8.49. The topological polar surface area (TPSA) is 17.0 Å². The fourth-order valence-corrected chi connectivity index (χ4v) is 4.60. The van der Waals surface area contributed by atoms with Gasteiger partial charge in [0, 0.05) is 34.4 Å². The zero-order chi connectivity index (χ0) is 21.2. The Kier molecular flexibility index (Phi) is 4.18. The second-order valence-corrected chi connectivity index (χ2v) is 8.53. The first kappa shape index (κ1) is 18.8. The van der Waals surface area contributed by atoms with Crippen molar-refractivity contribution in [1.82, 2.24) is 0 Å². The molecule has 3 heteroatoms. The smallest absolute Gasteiger partial charge is 0.217 e. The van der Waals surface area contributed by atoms with Crippen LogP contribution < -0.4 is 4.57 Å². The van der Waals surface area contributed by atoms with Crippen molar-refractivity contribution in [2.75, 3.05) is 0 Å². The number of aromatic nitrogens is 1. The first-order valence-electron chi connectivity index (χ1n) is 10.4. The van der Waals surface area contributed by atoms with Gasteiger partial charge in [-0.05, 0) is 60.7 Å². The van der Waals surface area contributed by atoms with Crippen LogP contribution in [0.25, 0.3) is 44.1 Å². The predicted molar refractivity (Wildman–Crippen MR) is 121 cm³/mol. The van der Waals surface area contributed by atoms with E-state index in [0.717, 1.165) is 27.6 Å². The molecule has 0 aliphatic heterocycles. The number of aryl methyl sites for hydroxylation is 2. The average Bonchev–Trinajstić information content (AvgIpc) is 3.06. The SMILES string of the molecule is Cc1cc2c(oc3cc(F)ccc32)c(-c2cc(C(C)C)c3ccccc3[n+]2C)c1C. The van der Waals surface area contributed by atoms with Gasteiger partial charge in [-0.3, -0.25) is 0 Å². The minimum absolute atomic E-state index is 0.282. The Morgan fingerprint density at radius 2 is 1.67 bits per heavy atom. The highest BCUT2D eigenvalue weighted by Gasteiger charge is 2.25. The molecule has 0 bridgehead atoms. The number of hydrogen-bond acceptors (Lipinski definition) is 1. The van der Waals surface area contributed by atoms with Crippen molar-refractivity contribution in [2.24, 2.45) is 7.05 Å². The van der Waals surface area contributed by atoms with E-state index in [2.05, 4.69) is 75.7 Å². The monoisotopic (exact) mass is 398 g/mol. The average molecular weight is 399 g/mol. The fourth-order valence-electron chi connectivity index (χ4n) is 4.60. The molecular weight excluding hydrogens is 373 g/mol. The minimum atomic E-state index is -0.282. The van der Waals surface area contributed by atoms with Gasteiger partial charge in [0.1, 0.15) is 24.0 Å². The van der Waals surface area contributed by atoms with Crippen LogP contribution in [0.4, 0.5) is 4.39 Å². The second kappa shape index (κ2) is 6.66. The van der Waals surface area contributed by atoms with Crippen molar-refractivity contribution in [3.63, 3.8) is 0 Å². The molecule has 0 unspecified atom stereocenters. The lowest BCUT2D eigenvalue weighted by molar-refractivity contribution is -0.633. The van der Waals surface area contributed by atoms with Gasteiger partial charge in [0.15, 0.2) is 0 Å². The van der Waals surface area contributed by atoms with Crippen molar-refractivity contribution < 1.29 is 13.4 Å². The van der Waals surface area contributed by atoms with E-state index in [-0.39, 0.29) is 5.82 Å². The van der Waals surface area contributed by atoms with Crippen LogP contribution in [0.2, 0.25) is 0 Å².